The Kier molecular flexibility index (Phi) is 4.67. The van der Waals surface area contributed by atoms with Gasteiger partial charge in [0.1, 0.15) is 17.1 Å². The van der Waals surface area contributed by atoms with Crippen molar-refractivity contribution in [3.05, 3.63) is 29.5 Å². The SMILES string of the molecule is COc1ccc2oc(C)c(C(=O)NCC3(C(N)=O)CCOCC3)c2c1. The van der Waals surface area contributed by atoms with Gasteiger partial charge in [-0.15, -0.1) is 0 Å². The van der Waals surface area contributed by atoms with Crippen LogP contribution in [-0.4, -0.2) is 38.7 Å². The molecule has 1 aliphatic heterocycles. The minimum Gasteiger partial charge on any atom is -0.497 e. The van der Waals surface area contributed by atoms with Gasteiger partial charge in [-0.05, 0) is 38.0 Å². The van der Waals surface area contributed by atoms with E-state index in [9.17, 15) is 9.59 Å². The average Bonchev–Trinajstić information content (AvgIpc) is 2.95. The number of aryl methyl sites for hydroxylation is 1. The Morgan fingerprint density at radius 1 is 1.32 bits per heavy atom. The zero-order valence-corrected chi connectivity index (χ0v) is 14.4. The van der Waals surface area contributed by atoms with Gasteiger partial charge in [0.2, 0.25) is 5.91 Å². The number of nitrogens with two attached hydrogens (primary N) is 1. The van der Waals surface area contributed by atoms with Crippen LogP contribution in [0.5, 0.6) is 5.75 Å². The summed E-state index contributed by atoms with van der Waals surface area (Å²) >= 11 is 0. The van der Waals surface area contributed by atoms with Crippen molar-refractivity contribution in [2.24, 2.45) is 11.1 Å². The molecule has 2 heterocycles. The lowest BCUT2D eigenvalue weighted by molar-refractivity contribution is -0.132. The standard InChI is InChI=1S/C18H22N2O5/c1-11-15(13-9-12(23-2)3-4-14(13)25-11)16(21)20-10-18(17(19)22)5-7-24-8-6-18/h3-4,9H,5-8,10H2,1-2H3,(H2,19,22)(H,20,21). The van der Waals surface area contributed by atoms with Crippen LogP contribution in [0.25, 0.3) is 11.0 Å². The third-order valence-corrected chi connectivity index (χ3v) is 4.86. The van der Waals surface area contributed by atoms with E-state index >= 15 is 0 Å². The lowest BCUT2D eigenvalue weighted by Crippen LogP contribution is -2.49. The molecule has 2 amide bonds. The number of benzene rings is 1. The average molecular weight is 346 g/mol. The van der Waals surface area contributed by atoms with Gasteiger partial charge in [0.05, 0.1) is 18.1 Å². The largest absolute Gasteiger partial charge is 0.497 e. The van der Waals surface area contributed by atoms with Crippen molar-refractivity contribution in [2.75, 3.05) is 26.9 Å². The molecule has 0 aliphatic carbocycles. The highest BCUT2D eigenvalue weighted by molar-refractivity contribution is 6.07. The number of hydrogen-bond donors (Lipinski definition) is 2. The van der Waals surface area contributed by atoms with Crippen LogP contribution in [0.15, 0.2) is 22.6 Å². The molecule has 0 radical (unpaired) electrons. The maximum Gasteiger partial charge on any atom is 0.255 e. The molecule has 0 atom stereocenters. The maximum absolute atomic E-state index is 12.8. The number of ether oxygens (including phenoxy) is 2. The van der Waals surface area contributed by atoms with Gasteiger partial charge in [-0.25, -0.2) is 0 Å². The van der Waals surface area contributed by atoms with E-state index in [0.717, 1.165) is 0 Å². The summed E-state index contributed by atoms with van der Waals surface area (Å²) in [5.74, 6) is 0.449. The Morgan fingerprint density at radius 3 is 2.68 bits per heavy atom. The fourth-order valence-corrected chi connectivity index (χ4v) is 3.22. The molecule has 0 bridgehead atoms. The Balaban J connectivity index is 1.84. The van der Waals surface area contributed by atoms with Gasteiger partial charge in [0, 0.05) is 25.1 Å². The van der Waals surface area contributed by atoms with Crippen molar-refractivity contribution in [3.8, 4) is 5.75 Å². The van der Waals surface area contributed by atoms with Crippen LogP contribution in [0, 0.1) is 12.3 Å². The number of rotatable bonds is 5. The summed E-state index contributed by atoms with van der Waals surface area (Å²) in [5.41, 5.74) is 5.88. The molecule has 2 aromatic rings. The van der Waals surface area contributed by atoms with Crippen LogP contribution >= 0.6 is 0 Å². The number of nitrogens with one attached hydrogen (secondary N) is 1. The first-order valence-corrected chi connectivity index (χ1v) is 8.20. The molecule has 1 fully saturated rings. The van der Waals surface area contributed by atoms with Gasteiger partial charge in [0.15, 0.2) is 0 Å². The molecule has 3 N–H and O–H groups in total. The van der Waals surface area contributed by atoms with Crippen LogP contribution in [-0.2, 0) is 9.53 Å². The number of amides is 2. The number of primary amides is 1. The van der Waals surface area contributed by atoms with Gasteiger partial charge in [-0.1, -0.05) is 0 Å². The summed E-state index contributed by atoms with van der Waals surface area (Å²) in [7, 11) is 1.57. The molecule has 1 aliphatic rings. The molecule has 25 heavy (non-hydrogen) atoms. The van der Waals surface area contributed by atoms with Gasteiger partial charge < -0.3 is 24.9 Å². The number of hydrogen-bond acceptors (Lipinski definition) is 5. The van der Waals surface area contributed by atoms with Gasteiger partial charge >= 0.3 is 0 Å². The van der Waals surface area contributed by atoms with Crippen LogP contribution < -0.4 is 15.8 Å². The molecule has 0 saturated carbocycles. The third-order valence-electron chi connectivity index (χ3n) is 4.86. The molecule has 134 valence electrons. The zero-order chi connectivity index (χ0) is 18.0. The van der Waals surface area contributed by atoms with E-state index in [1.165, 1.54) is 0 Å². The van der Waals surface area contributed by atoms with Crippen molar-refractivity contribution >= 4 is 22.8 Å². The van der Waals surface area contributed by atoms with Crippen LogP contribution in [0.3, 0.4) is 0 Å². The second-order valence-corrected chi connectivity index (χ2v) is 6.33. The predicted octanol–water partition coefficient (Wildman–Crippen LogP) is 1.76. The van der Waals surface area contributed by atoms with Crippen LogP contribution in [0.4, 0.5) is 0 Å². The lowest BCUT2D eigenvalue weighted by atomic mass is 9.79. The van der Waals surface area contributed by atoms with E-state index in [2.05, 4.69) is 5.32 Å². The molecule has 7 heteroatoms. The fraction of sp³-hybridized carbons (Fsp3) is 0.444. The predicted molar refractivity (Wildman–Crippen MR) is 91.5 cm³/mol. The van der Waals surface area contributed by atoms with Gasteiger partial charge in [-0.3, -0.25) is 9.59 Å². The summed E-state index contributed by atoms with van der Waals surface area (Å²) in [6, 6.07) is 5.30. The van der Waals surface area contributed by atoms with Crippen molar-refractivity contribution in [1.29, 1.82) is 0 Å². The Hall–Kier alpha value is -2.54. The minimum atomic E-state index is -0.765. The molecule has 0 spiro atoms. The topological polar surface area (TPSA) is 104 Å². The highest BCUT2D eigenvalue weighted by atomic mass is 16.5. The third kappa shape index (κ3) is 3.19. The van der Waals surface area contributed by atoms with Crippen molar-refractivity contribution in [2.45, 2.75) is 19.8 Å². The molecular weight excluding hydrogens is 324 g/mol. The lowest BCUT2D eigenvalue weighted by Gasteiger charge is -2.34. The van der Waals surface area contributed by atoms with Crippen molar-refractivity contribution < 1.29 is 23.5 Å². The van der Waals surface area contributed by atoms with E-state index in [1.807, 2.05) is 0 Å². The molecule has 0 unspecified atom stereocenters. The number of carbonyl (C=O) groups excluding carboxylic acids is 2. The Morgan fingerprint density at radius 2 is 2.04 bits per heavy atom. The quantitative estimate of drug-likeness (QED) is 0.858. The molecule has 3 rings (SSSR count). The number of fused-ring (bicyclic) bond motifs is 1. The Labute approximate surface area is 145 Å². The molecule has 1 aromatic carbocycles. The normalized spacial score (nSPS) is 16.6. The zero-order valence-electron chi connectivity index (χ0n) is 14.4. The number of methoxy groups -OCH3 is 1. The van der Waals surface area contributed by atoms with Crippen LogP contribution in [0.1, 0.15) is 29.0 Å². The van der Waals surface area contributed by atoms with E-state index in [1.54, 1.807) is 32.2 Å². The summed E-state index contributed by atoms with van der Waals surface area (Å²) in [5, 5.41) is 3.53. The first-order chi connectivity index (χ1) is 12.0. The first-order valence-electron chi connectivity index (χ1n) is 8.20. The van der Waals surface area contributed by atoms with E-state index in [4.69, 9.17) is 19.6 Å². The minimum absolute atomic E-state index is 0.181. The van der Waals surface area contributed by atoms with Crippen molar-refractivity contribution in [1.82, 2.24) is 5.32 Å². The van der Waals surface area contributed by atoms with Crippen molar-refractivity contribution in [3.63, 3.8) is 0 Å². The van der Waals surface area contributed by atoms with Crippen LogP contribution in [0.2, 0.25) is 0 Å². The highest BCUT2D eigenvalue weighted by Crippen LogP contribution is 2.31. The molecule has 1 aromatic heterocycles. The monoisotopic (exact) mass is 346 g/mol. The first kappa shape index (κ1) is 17.3. The maximum atomic E-state index is 12.8. The summed E-state index contributed by atoms with van der Waals surface area (Å²) in [4.78, 5) is 24.7. The molecular formula is C18H22N2O5. The van der Waals surface area contributed by atoms with E-state index in [-0.39, 0.29) is 12.5 Å². The summed E-state index contributed by atoms with van der Waals surface area (Å²) in [6.45, 7) is 2.84. The number of carbonyl (C=O) groups is 2. The van der Waals surface area contributed by atoms with Gasteiger partial charge in [-0.2, -0.15) is 0 Å². The second kappa shape index (κ2) is 6.76. The molecule has 7 nitrogen and oxygen atoms in total. The number of furan rings is 1. The smallest absolute Gasteiger partial charge is 0.255 e. The molecule has 1 saturated heterocycles. The highest BCUT2D eigenvalue weighted by Gasteiger charge is 2.39. The Bertz CT molecular complexity index is 805. The summed E-state index contributed by atoms with van der Waals surface area (Å²) < 4.78 is 16.2. The van der Waals surface area contributed by atoms with E-state index in [0.29, 0.717) is 54.1 Å². The van der Waals surface area contributed by atoms with Gasteiger partial charge in [0.25, 0.3) is 5.91 Å². The second-order valence-electron chi connectivity index (χ2n) is 6.33. The fourth-order valence-electron chi connectivity index (χ4n) is 3.22. The summed E-state index contributed by atoms with van der Waals surface area (Å²) in [6.07, 6.45) is 1.00. The van der Waals surface area contributed by atoms with E-state index < -0.39 is 11.3 Å².